The van der Waals surface area contributed by atoms with Crippen LogP contribution < -0.4 is 0 Å². The zero-order chi connectivity index (χ0) is 85.7. The summed E-state index contributed by atoms with van der Waals surface area (Å²) in [6.07, 6.45) is 9.61. The van der Waals surface area contributed by atoms with E-state index in [1.807, 2.05) is 104 Å². The summed E-state index contributed by atoms with van der Waals surface area (Å²) in [5, 5.41) is 17.0. The fraction of sp³-hybridized carbons (Fsp3) is 0. The fourth-order valence-corrected chi connectivity index (χ4v) is 20.0. The van der Waals surface area contributed by atoms with Crippen LogP contribution in [0.15, 0.2) is 462 Å². The Hall–Kier alpha value is -17.7. The van der Waals surface area contributed by atoms with Crippen molar-refractivity contribution in [3.63, 3.8) is 0 Å². The maximum absolute atomic E-state index is 5.09. The van der Waals surface area contributed by atoms with E-state index in [1.165, 1.54) is 126 Å². The van der Waals surface area contributed by atoms with E-state index in [2.05, 4.69) is 395 Å². The van der Waals surface area contributed by atoms with Crippen molar-refractivity contribution in [1.82, 2.24) is 57.3 Å². The molecule has 0 atom stereocenters. The zero-order valence-corrected chi connectivity index (χ0v) is 70.2. The molecule has 0 saturated heterocycles. The van der Waals surface area contributed by atoms with Crippen LogP contribution in [-0.2, 0) is 0 Å². The van der Waals surface area contributed by atoms with Gasteiger partial charge in [-0.15, -0.1) is 0 Å². The van der Waals surface area contributed by atoms with Gasteiger partial charge in [0.1, 0.15) is 5.65 Å². The third-order valence-electron chi connectivity index (χ3n) is 25.6. The second-order valence-electron chi connectivity index (χ2n) is 32.9. The van der Waals surface area contributed by atoms with Gasteiger partial charge in [-0.3, -0.25) is 19.1 Å². The van der Waals surface area contributed by atoms with Crippen LogP contribution in [0, 0.1) is 0 Å². The number of para-hydroxylation sites is 7. The molecule has 0 aliphatic rings. The minimum Gasteiger partial charge on any atom is -0.309 e. The largest absolute Gasteiger partial charge is 0.309 e. The van der Waals surface area contributed by atoms with Gasteiger partial charge in [0.25, 0.3) is 0 Å². The Kier molecular flexibility index (Phi) is 18.0. The molecule has 0 saturated carbocycles. The highest BCUT2D eigenvalue weighted by atomic mass is 15.2. The molecule has 0 N–H and O–H groups in total. The van der Waals surface area contributed by atoms with E-state index >= 15 is 0 Å². The Morgan fingerprint density at radius 2 is 0.523 bits per heavy atom. The van der Waals surface area contributed by atoms with Gasteiger partial charge in [-0.05, 0) is 202 Å². The topological polar surface area (TPSA) is 107 Å². The third-order valence-corrected chi connectivity index (χ3v) is 25.6. The number of benzene rings is 17. The fourth-order valence-electron chi connectivity index (χ4n) is 20.0. The Labute approximate surface area is 746 Å². The molecule has 17 aromatic carbocycles. The van der Waals surface area contributed by atoms with Crippen molar-refractivity contribution in [1.29, 1.82) is 0 Å². The van der Waals surface area contributed by atoms with Crippen LogP contribution in [0.3, 0.4) is 0 Å². The quantitative estimate of drug-likeness (QED) is 0.128. The Morgan fingerprint density at radius 3 is 0.985 bits per heavy atom. The number of hydrogen-bond acceptors (Lipinski definition) is 6. The molecule has 27 aromatic rings. The van der Waals surface area contributed by atoms with E-state index in [0.717, 1.165) is 88.7 Å². The molecule has 0 spiro atoms. The van der Waals surface area contributed by atoms with E-state index in [9.17, 15) is 0 Å². The third kappa shape index (κ3) is 12.4. The van der Waals surface area contributed by atoms with Crippen LogP contribution in [0.25, 0.3) is 232 Å². The lowest BCUT2D eigenvalue weighted by Gasteiger charge is -2.11. The van der Waals surface area contributed by atoms with Gasteiger partial charge in [-0.25, -0.2) is 9.97 Å². The molecule has 10 heterocycles. The second-order valence-corrected chi connectivity index (χ2v) is 32.9. The van der Waals surface area contributed by atoms with Crippen LogP contribution in [0.1, 0.15) is 0 Å². The van der Waals surface area contributed by atoms with Crippen molar-refractivity contribution < 1.29 is 0 Å². The van der Waals surface area contributed by atoms with Crippen LogP contribution in [-0.4, -0.2) is 57.3 Å². The van der Waals surface area contributed by atoms with Gasteiger partial charge >= 0.3 is 0 Å². The number of fused-ring (bicyclic) bond motifs is 19. The number of aromatic nitrogens is 12. The van der Waals surface area contributed by atoms with E-state index in [-0.39, 0.29) is 0 Å². The molecule has 0 aliphatic carbocycles. The number of nitrogens with zero attached hydrogens (tertiary/aromatic N) is 12. The highest BCUT2D eigenvalue weighted by Gasteiger charge is 2.25. The lowest BCUT2D eigenvalue weighted by molar-refractivity contribution is 0.953. The predicted molar refractivity (Wildman–Crippen MR) is 537 cm³/mol. The van der Waals surface area contributed by atoms with Crippen molar-refractivity contribution in [2.24, 2.45) is 0 Å². The first-order valence-corrected chi connectivity index (χ1v) is 43.9. The molecule has 608 valence electrons. The minimum absolute atomic E-state index is 0.579. The molecule has 0 radical (unpaired) electrons. The minimum atomic E-state index is 0.579. The van der Waals surface area contributed by atoms with Crippen LogP contribution in [0.4, 0.5) is 0 Å². The standard InChI is InChI=1S/C44H28N6.C39H25N3.C35H23N3/c1-4-14-29(15-5-1)41-46-42(30-16-6-2-7-17-30)48-44(47-41)50-37-23-11-10-20-34(37)36-28-31(25-26-38(36)50)33-21-12-24-39-40(33)35-22-13-27-45-43(35)49(39)32-18-8-3-9-19-32;1-2-11-29(12-3-1)41-37-16-8-14-31(39(37)33-21-22-40-25-38(33)41)28-18-20-36-34(24-28)32-13-6-7-15-35(32)42(36)30-19-17-26-9-4-5-10-27(26)23-30;1-3-10-25(11-4-1)37-31-16-8-7-14-28(31)30-22-24(18-19-32(30)37)27-15-9-17-33-35(27)29-20-21-36-23-34(29)38(33)26-12-5-2-6-13-26/h1-28H;1-25H;1-23H. The molecule has 27 rings (SSSR count). The van der Waals surface area contributed by atoms with E-state index in [0.29, 0.717) is 17.6 Å². The maximum atomic E-state index is 5.09. The Morgan fingerprint density at radius 1 is 0.177 bits per heavy atom. The van der Waals surface area contributed by atoms with Gasteiger partial charge in [-0.1, -0.05) is 273 Å². The number of pyridine rings is 3. The first-order chi connectivity index (χ1) is 64.5. The van der Waals surface area contributed by atoms with E-state index in [4.69, 9.17) is 19.9 Å². The van der Waals surface area contributed by atoms with Gasteiger partial charge in [0.2, 0.25) is 5.95 Å². The normalized spacial score (nSPS) is 11.7. The lowest BCUT2D eigenvalue weighted by atomic mass is 9.98. The van der Waals surface area contributed by atoms with Gasteiger partial charge in [0.05, 0.1) is 73.1 Å². The summed E-state index contributed by atoms with van der Waals surface area (Å²) in [7, 11) is 0. The van der Waals surface area contributed by atoms with Gasteiger partial charge < -0.3 is 18.3 Å². The SMILES string of the molecule is c1ccc(-c2nc(-c3ccccc3)nc(-n3c4ccccc4c4cc(-c5cccc6c5c5cccnc5n6-c5ccccc5)ccc43)n2)cc1.c1ccc(-n2c3ccccc3c3cc(-c4cccc5c4c4ccncc4n5-c4ccccc4)ccc32)cc1.c1ccc(-n2c3cnccc3c3c(-c4ccc5c(c4)c4ccccc4n5-c4ccc5ccccc5c4)cccc32)cc1. The molecule has 0 amide bonds. The second kappa shape index (κ2) is 31.2. The lowest BCUT2D eigenvalue weighted by Crippen LogP contribution is -2.06. The molecule has 0 unspecified atom stereocenters. The van der Waals surface area contributed by atoms with Gasteiger partial charge in [-0.2, -0.15) is 9.97 Å². The average molecular weight is 1660 g/mol. The summed E-state index contributed by atoms with van der Waals surface area (Å²) in [5.41, 5.74) is 28.3. The first-order valence-electron chi connectivity index (χ1n) is 43.9. The molecule has 0 bridgehead atoms. The molecule has 0 fully saturated rings. The Bertz CT molecular complexity index is 9050. The number of hydrogen-bond donors (Lipinski definition) is 0. The molecule has 12 heteroatoms. The monoisotopic (exact) mass is 1660 g/mol. The molecular formula is C118H76N12. The summed E-state index contributed by atoms with van der Waals surface area (Å²) >= 11 is 0. The first kappa shape index (κ1) is 74.8. The van der Waals surface area contributed by atoms with Crippen LogP contribution in [0.5, 0.6) is 0 Å². The predicted octanol–water partition coefficient (Wildman–Crippen LogP) is 29.5. The molecule has 12 nitrogen and oxygen atoms in total. The molecular weight excluding hydrogens is 1590 g/mol. The summed E-state index contributed by atoms with van der Waals surface area (Å²) < 4.78 is 13.8. The smallest absolute Gasteiger partial charge is 0.238 e. The van der Waals surface area contributed by atoms with Crippen molar-refractivity contribution in [3.05, 3.63) is 462 Å². The van der Waals surface area contributed by atoms with Crippen molar-refractivity contribution in [2.45, 2.75) is 0 Å². The van der Waals surface area contributed by atoms with Gasteiger partial charge in [0.15, 0.2) is 11.6 Å². The summed E-state index contributed by atoms with van der Waals surface area (Å²) in [4.78, 5) is 28.9. The van der Waals surface area contributed by atoms with Crippen molar-refractivity contribution >= 4 is 142 Å². The van der Waals surface area contributed by atoms with Gasteiger partial charge in [0, 0.05) is 123 Å². The average Bonchev–Trinajstić information content (AvgIpc) is 1.57. The summed E-state index contributed by atoms with van der Waals surface area (Å²) in [6, 6.07) is 152. The molecule has 0 aliphatic heterocycles. The highest BCUT2D eigenvalue weighted by Crippen LogP contribution is 2.46. The Balaban J connectivity index is 0.000000106. The van der Waals surface area contributed by atoms with E-state index in [1.54, 1.807) is 0 Å². The zero-order valence-electron chi connectivity index (χ0n) is 70.2. The van der Waals surface area contributed by atoms with Crippen molar-refractivity contribution in [2.75, 3.05) is 0 Å². The van der Waals surface area contributed by atoms with Crippen molar-refractivity contribution in [3.8, 4) is 90.5 Å². The van der Waals surface area contributed by atoms with Crippen LogP contribution >= 0.6 is 0 Å². The molecule has 10 aromatic heterocycles. The van der Waals surface area contributed by atoms with E-state index < -0.39 is 0 Å². The summed E-state index contributed by atoms with van der Waals surface area (Å²) in [5.74, 6) is 1.84. The maximum Gasteiger partial charge on any atom is 0.238 e. The molecule has 130 heavy (non-hydrogen) atoms. The summed E-state index contributed by atoms with van der Waals surface area (Å²) in [6.45, 7) is 0. The number of rotatable bonds is 11. The highest BCUT2D eigenvalue weighted by molar-refractivity contribution is 6.21. The van der Waals surface area contributed by atoms with Crippen LogP contribution in [0.2, 0.25) is 0 Å².